The molecule has 0 atom stereocenters. The highest BCUT2D eigenvalue weighted by molar-refractivity contribution is 6.11. The molecule has 0 radical (unpaired) electrons. The highest BCUT2D eigenvalue weighted by atomic mass is 16.5. The molecule has 124 valence electrons. The van der Waals surface area contributed by atoms with Gasteiger partial charge in [-0.2, -0.15) is 0 Å². The molecule has 0 bridgehead atoms. The summed E-state index contributed by atoms with van der Waals surface area (Å²) in [6.45, 7) is 3.85. The van der Waals surface area contributed by atoms with Crippen LogP contribution in [-0.4, -0.2) is 10.6 Å². The number of rotatable bonds is 4. The van der Waals surface area contributed by atoms with Crippen molar-refractivity contribution in [1.29, 1.82) is 0 Å². The van der Waals surface area contributed by atoms with E-state index in [0.29, 0.717) is 21.7 Å². The second kappa shape index (κ2) is 7.09. The van der Waals surface area contributed by atoms with Crippen molar-refractivity contribution >= 4 is 17.2 Å². The minimum Gasteiger partial charge on any atom is -0.594 e. The van der Waals surface area contributed by atoms with Gasteiger partial charge in [-0.3, -0.25) is 4.79 Å². The molecular weight excluding hydrogens is 312 g/mol. The fourth-order valence-electron chi connectivity index (χ4n) is 2.51. The Morgan fingerprint density at radius 1 is 0.880 bits per heavy atom. The smallest absolute Gasteiger partial charge is 0.256 e. The summed E-state index contributed by atoms with van der Waals surface area (Å²) in [6, 6.07) is 21.4. The number of hydrogen-bond acceptors (Lipinski definition) is 3. The van der Waals surface area contributed by atoms with Crippen LogP contribution in [0.2, 0.25) is 0 Å². The monoisotopic (exact) mass is 330 g/mol. The van der Waals surface area contributed by atoms with E-state index in [4.69, 9.17) is 0 Å². The summed E-state index contributed by atoms with van der Waals surface area (Å²) < 4.78 is 0. The van der Waals surface area contributed by atoms with E-state index in [-0.39, 0.29) is 11.5 Å². The highest BCUT2D eigenvalue weighted by Gasteiger charge is 2.20. The molecule has 0 heterocycles. The zero-order valence-electron chi connectivity index (χ0n) is 14.1. The first kappa shape index (κ1) is 16.6. The van der Waals surface area contributed by atoms with E-state index >= 15 is 0 Å². The Balaban J connectivity index is 2.04. The molecule has 0 aromatic heterocycles. The molecule has 0 saturated heterocycles. The number of azo groups is 1. The third-order valence-corrected chi connectivity index (χ3v) is 3.88. The molecule has 3 aromatic rings. The van der Waals surface area contributed by atoms with Gasteiger partial charge in [-0.05, 0) is 42.5 Å². The van der Waals surface area contributed by atoms with Crippen LogP contribution in [0.3, 0.4) is 0 Å². The minimum atomic E-state index is -0.195. The normalized spacial score (nSPS) is 11.4. The molecule has 0 spiro atoms. The summed E-state index contributed by atoms with van der Waals surface area (Å²) in [5.41, 5.74) is 3.66. The van der Waals surface area contributed by atoms with Gasteiger partial charge in [-0.15, -0.1) is 0 Å². The summed E-state index contributed by atoms with van der Waals surface area (Å²) in [5.74, 6) is -0.195. The van der Waals surface area contributed by atoms with Crippen molar-refractivity contribution in [3.63, 3.8) is 0 Å². The van der Waals surface area contributed by atoms with Crippen molar-refractivity contribution in [1.82, 2.24) is 0 Å². The third-order valence-electron chi connectivity index (χ3n) is 3.88. The van der Waals surface area contributed by atoms with E-state index in [9.17, 15) is 10.0 Å². The summed E-state index contributed by atoms with van der Waals surface area (Å²) >= 11 is 0. The first-order chi connectivity index (χ1) is 12.0. The van der Waals surface area contributed by atoms with Crippen LogP contribution in [0.15, 0.2) is 77.9 Å². The molecule has 0 amide bonds. The lowest BCUT2D eigenvalue weighted by Gasteiger charge is -2.07. The number of aryl methyl sites for hydroxylation is 2. The molecule has 4 heteroatoms. The lowest BCUT2D eigenvalue weighted by Crippen LogP contribution is -2.06. The summed E-state index contributed by atoms with van der Waals surface area (Å²) in [7, 11) is 0. The molecule has 3 rings (SSSR count). The summed E-state index contributed by atoms with van der Waals surface area (Å²) in [4.78, 5) is 13.3. The molecule has 25 heavy (non-hydrogen) atoms. The van der Waals surface area contributed by atoms with Gasteiger partial charge in [-0.1, -0.05) is 54.1 Å². The number of hydrogen-bond donors (Lipinski definition) is 0. The van der Waals surface area contributed by atoms with Crippen molar-refractivity contribution in [2.75, 3.05) is 0 Å². The lowest BCUT2D eigenvalue weighted by atomic mass is 10.00. The van der Waals surface area contributed by atoms with Crippen LogP contribution < -0.4 is 0 Å². The summed E-state index contributed by atoms with van der Waals surface area (Å²) in [6.07, 6.45) is 0. The average molecular weight is 330 g/mol. The number of ketones is 1. The zero-order chi connectivity index (χ0) is 17.8. The van der Waals surface area contributed by atoms with E-state index in [2.05, 4.69) is 5.11 Å². The van der Waals surface area contributed by atoms with Crippen LogP contribution in [0.25, 0.3) is 0 Å². The number of carbonyl (C=O) groups excluding carboxylic acids is 1. The van der Waals surface area contributed by atoms with E-state index in [0.717, 1.165) is 11.1 Å². The number of nitrogens with zero attached hydrogens (tertiary/aromatic N) is 2. The van der Waals surface area contributed by atoms with E-state index < -0.39 is 0 Å². The van der Waals surface area contributed by atoms with E-state index in [1.165, 1.54) is 0 Å². The van der Waals surface area contributed by atoms with Crippen molar-refractivity contribution in [3.8, 4) is 0 Å². The van der Waals surface area contributed by atoms with Gasteiger partial charge in [0.2, 0.25) is 0 Å². The van der Waals surface area contributed by atoms with Gasteiger partial charge in [0.15, 0.2) is 5.78 Å². The molecule has 0 aliphatic carbocycles. The van der Waals surface area contributed by atoms with Gasteiger partial charge < -0.3 is 5.21 Å². The predicted molar refractivity (Wildman–Crippen MR) is 97.6 cm³/mol. The van der Waals surface area contributed by atoms with Crippen LogP contribution in [0.5, 0.6) is 0 Å². The maximum absolute atomic E-state index is 12.8. The Morgan fingerprint density at radius 2 is 1.52 bits per heavy atom. The van der Waals surface area contributed by atoms with Crippen molar-refractivity contribution in [2.45, 2.75) is 13.8 Å². The molecule has 0 N–H and O–H groups in total. The predicted octanol–water partition coefficient (Wildman–Crippen LogP) is 5.46. The van der Waals surface area contributed by atoms with Crippen LogP contribution in [0.4, 0.5) is 11.4 Å². The highest BCUT2D eigenvalue weighted by Crippen LogP contribution is 2.25. The van der Waals surface area contributed by atoms with Gasteiger partial charge in [0.1, 0.15) is 5.69 Å². The van der Waals surface area contributed by atoms with Crippen molar-refractivity contribution in [2.24, 2.45) is 5.11 Å². The minimum absolute atomic E-state index is 0.195. The van der Waals surface area contributed by atoms with Crippen LogP contribution in [0, 0.1) is 19.1 Å². The molecule has 0 saturated carbocycles. The fraction of sp³-hybridized carbons (Fsp3) is 0.0952. The van der Waals surface area contributed by atoms with Gasteiger partial charge in [-0.25, -0.2) is 0 Å². The SMILES string of the molecule is Cc1ccc(N=[N+]([O-])c2ccc(C)cc2C(=O)c2ccccc2)cc1. The second-order valence-electron chi connectivity index (χ2n) is 5.92. The Morgan fingerprint density at radius 3 is 2.20 bits per heavy atom. The summed E-state index contributed by atoms with van der Waals surface area (Å²) in [5, 5.41) is 16.6. The van der Waals surface area contributed by atoms with Gasteiger partial charge in [0.05, 0.1) is 5.56 Å². The molecular formula is C21H18N2O2. The third kappa shape index (κ3) is 3.80. The van der Waals surface area contributed by atoms with E-state index in [1.54, 1.807) is 54.6 Å². The zero-order valence-corrected chi connectivity index (χ0v) is 14.1. The van der Waals surface area contributed by atoms with Gasteiger partial charge in [0.25, 0.3) is 5.69 Å². The molecule has 0 aliphatic heterocycles. The van der Waals surface area contributed by atoms with E-state index in [1.807, 2.05) is 32.0 Å². The largest absolute Gasteiger partial charge is 0.594 e. The maximum atomic E-state index is 12.8. The van der Waals surface area contributed by atoms with Crippen LogP contribution in [0.1, 0.15) is 27.0 Å². The van der Waals surface area contributed by atoms with Crippen LogP contribution in [-0.2, 0) is 0 Å². The van der Waals surface area contributed by atoms with Crippen molar-refractivity contribution < 1.29 is 9.66 Å². The van der Waals surface area contributed by atoms with Crippen LogP contribution >= 0.6 is 0 Å². The molecule has 0 unspecified atom stereocenters. The molecule has 0 fully saturated rings. The lowest BCUT2D eigenvalue weighted by molar-refractivity contribution is -0.435. The maximum Gasteiger partial charge on any atom is 0.256 e. The fourth-order valence-corrected chi connectivity index (χ4v) is 2.51. The molecule has 4 nitrogen and oxygen atoms in total. The Labute approximate surface area is 146 Å². The van der Waals surface area contributed by atoms with Gasteiger partial charge in [0, 0.05) is 16.7 Å². The first-order valence-electron chi connectivity index (χ1n) is 8.00. The first-order valence-corrected chi connectivity index (χ1v) is 8.00. The molecule has 0 aliphatic rings. The topological polar surface area (TPSA) is 55.5 Å². The van der Waals surface area contributed by atoms with Crippen molar-refractivity contribution in [3.05, 3.63) is 100 Å². The molecule has 3 aromatic carbocycles. The Bertz CT molecular complexity index is 930. The Kier molecular flexibility index (Phi) is 4.70. The number of benzene rings is 3. The standard InChI is InChI=1S/C21H18N2O2/c1-15-8-11-18(12-9-15)22-23(25)20-13-10-16(2)14-19(20)21(24)17-6-4-3-5-7-17/h3-14H,1-2H3. The van der Waals surface area contributed by atoms with Gasteiger partial charge >= 0.3 is 0 Å². The number of carbonyl (C=O) groups is 1. The second-order valence-corrected chi connectivity index (χ2v) is 5.92. The quantitative estimate of drug-likeness (QED) is 0.276. The average Bonchev–Trinajstić information content (AvgIpc) is 2.63. The Hall–Kier alpha value is -3.27.